The zero-order valence-corrected chi connectivity index (χ0v) is 14.6. The molecule has 1 saturated heterocycles. The van der Waals surface area contributed by atoms with E-state index in [2.05, 4.69) is 26.0 Å². The number of nitrogens with one attached hydrogen (secondary N) is 2. The van der Waals surface area contributed by atoms with Gasteiger partial charge >= 0.3 is 0 Å². The maximum absolute atomic E-state index is 12.4. The fourth-order valence-electron chi connectivity index (χ4n) is 2.27. The van der Waals surface area contributed by atoms with Crippen molar-refractivity contribution in [3.8, 4) is 0 Å². The second kappa shape index (κ2) is 7.23. The summed E-state index contributed by atoms with van der Waals surface area (Å²) in [5, 5.41) is 3.10. The Hall–Kier alpha value is -0.410. The van der Waals surface area contributed by atoms with Gasteiger partial charge < -0.3 is 14.5 Å². The molecular formula is C13H21BrN2O4S. The lowest BCUT2D eigenvalue weighted by atomic mass is 10.0. The van der Waals surface area contributed by atoms with Crippen molar-refractivity contribution >= 4 is 26.0 Å². The van der Waals surface area contributed by atoms with Crippen molar-refractivity contribution in [1.29, 1.82) is 0 Å². The Morgan fingerprint density at radius 1 is 1.52 bits per heavy atom. The first-order chi connectivity index (χ1) is 9.94. The molecule has 1 fully saturated rings. The minimum Gasteiger partial charge on any atom is -0.452 e. The van der Waals surface area contributed by atoms with Crippen molar-refractivity contribution in [3.05, 3.63) is 16.5 Å². The molecule has 120 valence electrons. The molecule has 0 spiro atoms. The molecule has 1 aliphatic heterocycles. The first kappa shape index (κ1) is 17.0. The molecule has 2 unspecified atom stereocenters. The highest BCUT2D eigenvalue weighted by Crippen LogP contribution is 2.27. The van der Waals surface area contributed by atoms with E-state index in [1.807, 2.05) is 13.8 Å². The molecule has 2 atom stereocenters. The van der Waals surface area contributed by atoms with Gasteiger partial charge in [-0.15, -0.1) is 0 Å². The predicted molar refractivity (Wildman–Crippen MR) is 82.5 cm³/mol. The molecule has 0 aromatic carbocycles. The van der Waals surface area contributed by atoms with Crippen LogP contribution < -0.4 is 10.0 Å². The Balaban J connectivity index is 2.09. The number of furan rings is 1. The molecule has 0 saturated carbocycles. The van der Waals surface area contributed by atoms with Crippen molar-refractivity contribution in [2.75, 3.05) is 19.8 Å². The number of sulfonamides is 1. The van der Waals surface area contributed by atoms with Gasteiger partial charge in [0.25, 0.3) is 0 Å². The van der Waals surface area contributed by atoms with Crippen molar-refractivity contribution in [1.82, 2.24) is 10.0 Å². The molecule has 0 aliphatic carbocycles. The van der Waals surface area contributed by atoms with Crippen LogP contribution in [0.3, 0.4) is 0 Å². The van der Waals surface area contributed by atoms with E-state index < -0.39 is 10.0 Å². The van der Waals surface area contributed by atoms with Gasteiger partial charge in [-0.3, -0.25) is 0 Å². The lowest BCUT2D eigenvalue weighted by Gasteiger charge is -2.18. The van der Waals surface area contributed by atoms with Gasteiger partial charge in [-0.2, -0.15) is 0 Å². The van der Waals surface area contributed by atoms with Crippen LogP contribution in [0, 0.1) is 5.92 Å². The van der Waals surface area contributed by atoms with Crippen molar-refractivity contribution in [2.45, 2.75) is 37.8 Å². The zero-order chi connectivity index (χ0) is 15.5. The summed E-state index contributed by atoms with van der Waals surface area (Å²) in [4.78, 5) is 0.140. The first-order valence-corrected chi connectivity index (χ1v) is 9.30. The smallest absolute Gasteiger partial charge is 0.245 e. The SMILES string of the molecule is CCNCc1cc(S(=O)(=O)NC(C)C2CCOC2)c(Br)o1. The number of hydrogen-bond donors (Lipinski definition) is 2. The summed E-state index contributed by atoms with van der Waals surface area (Å²) in [5.41, 5.74) is 0. The van der Waals surface area contributed by atoms with Crippen molar-refractivity contribution in [3.63, 3.8) is 0 Å². The summed E-state index contributed by atoms with van der Waals surface area (Å²) in [6.45, 7) is 6.42. The molecule has 2 rings (SSSR count). The van der Waals surface area contributed by atoms with Crippen LogP contribution in [-0.4, -0.2) is 34.2 Å². The summed E-state index contributed by atoms with van der Waals surface area (Å²) < 4.78 is 38.6. The lowest BCUT2D eigenvalue weighted by molar-refractivity contribution is 0.180. The summed E-state index contributed by atoms with van der Waals surface area (Å²) in [6.07, 6.45) is 0.877. The van der Waals surface area contributed by atoms with Crippen LogP contribution >= 0.6 is 15.9 Å². The summed E-state index contributed by atoms with van der Waals surface area (Å²) in [6, 6.07) is 1.38. The maximum Gasteiger partial charge on any atom is 0.245 e. The minimum atomic E-state index is -3.61. The number of ether oxygens (including phenoxy) is 1. The van der Waals surface area contributed by atoms with E-state index in [0.29, 0.717) is 25.5 Å². The van der Waals surface area contributed by atoms with Gasteiger partial charge in [-0.25, -0.2) is 13.1 Å². The van der Waals surface area contributed by atoms with Crippen LogP contribution in [0.1, 0.15) is 26.0 Å². The van der Waals surface area contributed by atoms with E-state index in [9.17, 15) is 8.42 Å². The highest BCUT2D eigenvalue weighted by atomic mass is 79.9. The Morgan fingerprint density at radius 2 is 2.29 bits per heavy atom. The van der Waals surface area contributed by atoms with E-state index in [4.69, 9.17) is 9.15 Å². The molecule has 8 heteroatoms. The van der Waals surface area contributed by atoms with Gasteiger partial charge in [0.05, 0.1) is 13.2 Å². The third kappa shape index (κ3) is 4.29. The Morgan fingerprint density at radius 3 is 2.90 bits per heavy atom. The minimum absolute atomic E-state index is 0.140. The second-order valence-electron chi connectivity index (χ2n) is 5.16. The Bertz CT molecular complexity index is 567. The van der Waals surface area contributed by atoms with Crippen molar-refractivity contribution in [2.24, 2.45) is 5.92 Å². The van der Waals surface area contributed by atoms with Gasteiger partial charge in [-0.1, -0.05) is 6.92 Å². The molecule has 6 nitrogen and oxygen atoms in total. The van der Waals surface area contributed by atoms with Gasteiger partial charge in [0.1, 0.15) is 10.7 Å². The molecule has 2 heterocycles. The van der Waals surface area contributed by atoms with E-state index in [1.54, 1.807) is 6.07 Å². The quantitative estimate of drug-likeness (QED) is 0.754. The molecule has 0 amide bonds. The lowest BCUT2D eigenvalue weighted by Crippen LogP contribution is -2.38. The summed E-state index contributed by atoms with van der Waals surface area (Å²) >= 11 is 3.18. The van der Waals surface area contributed by atoms with Gasteiger partial charge in [0.15, 0.2) is 4.67 Å². The average Bonchev–Trinajstić information content (AvgIpc) is 3.05. The Kier molecular flexibility index (Phi) is 5.84. The zero-order valence-electron chi connectivity index (χ0n) is 12.2. The van der Waals surface area contributed by atoms with E-state index in [-0.39, 0.29) is 21.5 Å². The molecule has 0 bridgehead atoms. The molecule has 2 N–H and O–H groups in total. The molecule has 21 heavy (non-hydrogen) atoms. The average molecular weight is 381 g/mol. The van der Waals surface area contributed by atoms with Crippen LogP contribution in [0.2, 0.25) is 0 Å². The van der Waals surface area contributed by atoms with Crippen LogP contribution in [0.5, 0.6) is 0 Å². The third-order valence-electron chi connectivity index (χ3n) is 3.56. The largest absolute Gasteiger partial charge is 0.452 e. The van der Waals surface area contributed by atoms with Gasteiger partial charge in [0.2, 0.25) is 10.0 Å². The predicted octanol–water partition coefficient (Wildman–Crippen LogP) is 1.85. The van der Waals surface area contributed by atoms with E-state index in [1.165, 1.54) is 0 Å². The topological polar surface area (TPSA) is 80.6 Å². The molecule has 1 aliphatic rings. The standard InChI is InChI=1S/C13H21BrN2O4S/c1-3-15-7-11-6-12(13(14)20-11)21(17,18)16-9(2)10-4-5-19-8-10/h6,9-10,15-16H,3-5,7-8H2,1-2H3. The van der Waals surface area contributed by atoms with Crippen LogP contribution in [0.25, 0.3) is 0 Å². The summed E-state index contributed by atoms with van der Waals surface area (Å²) in [5.74, 6) is 0.799. The van der Waals surface area contributed by atoms with Gasteiger partial charge in [-0.05, 0) is 35.8 Å². The second-order valence-corrected chi connectivity index (χ2v) is 7.57. The molecule has 0 radical (unpaired) electrons. The monoisotopic (exact) mass is 380 g/mol. The molecule has 1 aromatic heterocycles. The first-order valence-electron chi connectivity index (χ1n) is 7.03. The van der Waals surface area contributed by atoms with Crippen LogP contribution in [-0.2, 0) is 21.3 Å². The highest BCUT2D eigenvalue weighted by molar-refractivity contribution is 9.10. The van der Waals surface area contributed by atoms with E-state index in [0.717, 1.165) is 13.0 Å². The Labute approximate surface area is 133 Å². The third-order valence-corrected chi connectivity index (χ3v) is 5.97. The van der Waals surface area contributed by atoms with Crippen molar-refractivity contribution < 1.29 is 17.6 Å². The fraction of sp³-hybridized carbons (Fsp3) is 0.692. The van der Waals surface area contributed by atoms with Gasteiger partial charge in [0, 0.05) is 24.6 Å². The number of rotatable bonds is 7. The molecular weight excluding hydrogens is 360 g/mol. The molecule has 1 aromatic rings. The number of hydrogen-bond acceptors (Lipinski definition) is 5. The van der Waals surface area contributed by atoms with Crippen LogP contribution in [0.15, 0.2) is 20.0 Å². The van der Waals surface area contributed by atoms with E-state index >= 15 is 0 Å². The summed E-state index contributed by atoms with van der Waals surface area (Å²) in [7, 11) is -3.61. The highest BCUT2D eigenvalue weighted by Gasteiger charge is 2.29. The normalized spacial score (nSPS) is 20.8. The van der Waals surface area contributed by atoms with Crippen LogP contribution in [0.4, 0.5) is 0 Å². The number of halogens is 1. The fourth-order valence-corrected chi connectivity index (χ4v) is 4.58. The maximum atomic E-state index is 12.4.